The normalized spacial score (nSPS) is 11.1. The van der Waals surface area contributed by atoms with Crippen LogP contribution < -0.4 is 5.32 Å². The molecule has 0 fully saturated rings. The maximum Gasteiger partial charge on any atom is 0.229 e. The fraction of sp³-hybridized carbons (Fsp3) is 0.190. The number of benzene rings is 2. The highest BCUT2D eigenvalue weighted by Crippen LogP contribution is 2.29. The first-order chi connectivity index (χ1) is 13.0. The lowest BCUT2D eigenvalue weighted by molar-refractivity contribution is -0.115. The number of hydrogen-bond donors (Lipinski definition) is 1. The monoisotopic (exact) mass is 393 g/mol. The predicted molar refractivity (Wildman–Crippen MR) is 114 cm³/mol. The van der Waals surface area contributed by atoms with Crippen molar-refractivity contribution in [3.63, 3.8) is 0 Å². The Labute approximate surface area is 165 Å². The molecule has 0 unspecified atom stereocenters. The minimum Gasteiger partial charge on any atom is -0.326 e. The van der Waals surface area contributed by atoms with Crippen LogP contribution in [-0.2, 0) is 11.2 Å². The fourth-order valence-electron chi connectivity index (χ4n) is 2.99. The second-order valence-corrected chi connectivity index (χ2v) is 9.03. The van der Waals surface area contributed by atoms with Crippen molar-refractivity contribution in [2.24, 2.45) is 0 Å². The number of thiazole rings is 2. The van der Waals surface area contributed by atoms with Crippen LogP contribution in [0.25, 0.3) is 21.5 Å². The van der Waals surface area contributed by atoms with E-state index in [0.717, 1.165) is 42.1 Å². The third kappa shape index (κ3) is 3.91. The van der Waals surface area contributed by atoms with Crippen LogP contribution in [-0.4, -0.2) is 15.9 Å². The van der Waals surface area contributed by atoms with Crippen molar-refractivity contribution in [3.8, 4) is 11.3 Å². The van der Waals surface area contributed by atoms with Crippen LogP contribution in [0.1, 0.15) is 20.5 Å². The maximum atomic E-state index is 12.6. The molecule has 2 aromatic carbocycles. The van der Waals surface area contributed by atoms with Gasteiger partial charge in [0.25, 0.3) is 0 Å². The first-order valence-electron chi connectivity index (χ1n) is 8.68. The number of rotatable bonds is 4. The van der Waals surface area contributed by atoms with E-state index in [1.54, 1.807) is 22.7 Å². The minimum atomic E-state index is -0.0346. The Hall–Kier alpha value is -2.57. The van der Waals surface area contributed by atoms with Crippen molar-refractivity contribution < 1.29 is 4.79 Å². The Kier molecular flexibility index (Phi) is 4.76. The van der Waals surface area contributed by atoms with Crippen molar-refractivity contribution in [2.45, 2.75) is 27.2 Å². The molecule has 4 nitrogen and oxygen atoms in total. The number of fused-ring (bicyclic) bond motifs is 1. The lowest BCUT2D eigenvalue weighted by Crippen LogP contribution is -2.14. The average Bonchev–Trinajstić information content (AvgIpc) is 3.16. The summed E-state index contributed by atoms with van der Waals surface area (Å²) in [5.74, 6) is -0.0346. The summed E-state index contributed by atoms with van der Waals surface area (Å²) >= 11 is 3.21. The first kappa shape index (κ1) is 17.8. The van der Waals surface area contributed by atoms with Crippen LogP contribution in [0, 0.1) is 20.8 Å². The van der Waals surface area contributed by atoms with Gasteiger partial charge < -0.3 is 5.32 Å². The molecule has 0 aliphatic heterocycles. The highest BCUT2D eigenvalue weighted by molar-refractivity contribution is 7.18. The largest absolute Gasteiger partial charge is 0.326 e. The molecule has 0 saturated heterocycles. The van der Waals surface area contributed by atoms with Gasteiger partial charge in [-0.3, -0.25) is 4.79 Å². The molecule has 0 aliphatic carbocycles. The van der Waals surface area contributed by atoms with E-state index in [0.29, 0.717) is 6.42 Å². The van der Waals surface area contributed by atoms with Crippen LogP contribution in [0.4, 0.5) is 5.69 Å². The summed E-state index contributed by atoms with van der Waals surface area (Å²) in [5, 5.41) is 5.00. The van der Waals surface area contributed by atoms with Gasteiger partial charge >= 0.3 is 0 Å². The Morgan fingerprint density at radius 1 is 0.963 bits per heavy atom. The Morgan fingerprint density at radius 2 is 1.70 bits per heavy atom. The predicted octanol–water partition coefficient (Wildman–Crippen LogP) is 5.53. The molecule has 0 spiro atoms. The molecule has 1 amide bonds. The second-order valence-electron chi connectivity index (χ2n) is 6.51. The number of nitrogens with one attached hydrogen (secondary N) is 1. The smallest absolute Gasteiger partial charge is 0.229 e. The lowest BCUT2D eigenvalue weighted by Gasteiger charge is -2.06. The molecule has 4 aromatic rings. The molecule has 1 N–H and O–H groups in total. The quantitative estimate of drug-likeness (QED) is 0.496. The van der Waals surface area contributed by atoms with Crippen molar-refractivity contribution in [2.75, 3.05) is 5.32 Å². The number of carbonyl (C=O) groups is 1. The molecule has 27 heavy (non-hydrogen) atoms. The molecule has 0 aliphatic rings. The van der Waals surface area contributed by atoms with E-state index in [9.17, 15) is 4.79 Å². The van der Waals surface area contributed by atoms with Gasteiger partial charge in [-0.25, -0.2) is 9.97 Å². The van der Waals surface area contributed by atoms with Crippen LogP contribution in [0.3, 0.4) is 0 Å². The second kappa shape index (κ2) is 7.21. The highest BCUT2D eigenvalue weighted by Gasteiger charge is 2.15. The van der Waals surface area contributed by atoms with Crippen LogP contribution in [0.15, 0.2) is 42.5 Å². The van der Waals surface area contributed by atoms with Gasteiger partial charge in [-0.05, 0) is 39.0 Å². The van der Waals surface area contributed by atoms with Crippen LogP contribution in [0.5, 0.6) is 0 Å². The van der Waals surface area contributed by atoms with Crippen molar-refractivity contribution in [1.29, 1.82) is 0 Å². The number of aryl methyl sites for hydroxylation is 3. The van der Waals surface area contributed by atoms with Crippen molar-refractivity contribution >= 4 is 44.5 Å². The molecule has 4 rings (SSSR count). The zero-order valence-electron chi connectivity index (χ0n) is 15.4. The summed E-state index contributed by atoms with van der Waals surface area (Å²) in [5.41, 5.74) is 4.93. The van der Waals surface area contributed by atoms with Gasteiger partial charge in [-0.2, -0.15) is 0 Å². The molecule has 6 heteroatoms. The van der Waals surface area contributed by atoms with Crippen LogP contribution in [0.2, 0.25) is 0 Å². The summed E-state index contributed by atoms with van der Waals surface area (Å²) in [6.07, 6.45) is 0.314. The Bertz CT molecular complexity index is 1130. The summed E-state index contributed by atoms with van der Waals surface area (Å²) < 4.78 is 1.08. The average molecular weight is 394 g/mol. The van der Waals surface area contributed by atoms with Gasteiger partial charge in [0.15, 0.2) is 0 Å². The highest BCUT2D eigenvalue weighted by atomic mass is 32.1. The zero-order chi connectivity index (χ0) is 19.0. The number of carbonyl (C=O) groups excluding carboxylic acids is 1. The molecule has 2 aromatic heterocycles. The standard InChI is InChI=1S/C21H19N3OS2/c1-12-4-6-15(7-5-12)21-19(27-14(3)23-21)11-20(25)24-16-8-9-17-18(10-16)26-13(2)22-17/h4-10H,11H2,1-3H3,(H,24,25). The molecule has 0 bridgehead atoms. The molecule has 2 heterocycles. The van der Waals surface area contributed by atoms with Gasteiger partial charge in [0.05, 0.1) is 32.3 Å². The van der Waals surface area contributed by atoms with E-state index < -0.39 is 0 Å². The van der Waals surface area contributed by atoms with Gasteiger partial charge in [0.2, 0.25) is 5.91 Å². The first-order valence-corrected chi connectivity index (χ1v) is 10.3. The number of aromatic nitrogens is 2. The van der Waals surface area contributed by atoms with E-state index in [-0.39, 0.29) is 5.91 Å². The summed E-state index contributed by atoms with van der Waals surface area (Å²) in [6.45, 7) is 6.03. The molecule has 0 radical (unpaired) electrons. The van der Waals surface area contributed by atoms with E-state index >= 15 is 0 Å². The number of anilines is 1. The Balaban J connectivity index is 1.54. The van der Waals surface area contributed by atoms with Gasteiger partial charge in [-0.15, -0.1) is 22.7 Å². The van der Waals surface area contributed by atoms with Crippen LogP contribution >= 0.6 is 22.7 Å². The number of amides is 1. The van der Waals surface area contributed by atoms with Gasteiger partial charge in [0, 0.05) is 16.1 Å². The van der Waals surface area contributed by atoms with E-state index in [4.69, 9.17) is 0 Å². The molecule has 0 saturated carbocycles. The topological polar surface area (TPSA) is 54.9 Å². The van der Waals surface area contributed by atoms with E-state index in [1.165, 1.54) is 5.56 Å². The van der Waals surface area contributed by atoms with Crippen molar-refractivity contribution in [3.05, 3.63) is 62.9 Å². The maximum absolute atomic E-state index is 12.6. The third-order valence-electron chi connectivity index (χ3n) is 4.23. The molecular formula is C21H19N3OS2. The number of hydrogen-bond acceptors (Lipinski definition) is 5. The lowest BCUT2D eigenvalue weighted by atomic mass is 10.1. The van der Waals surface area contributed by atoms with E-state index in [2.05, 4.69) is 46.5 Å². The SMILES string of the molecule is Cc1ccc(-c2nc(C)sc2CC(=O)Nc2ccc3nc(C)sc3c2)cc1. The third-order valence-corrected chi connectivity index (χ3v) is 6.13. The minimum absolute atomic E-state index is 0.0346. The number of nitrogens with zero attached hydrogens (tertiary/aromatic N) is 2. The summed E-state index contributed by atoms with van der Waals surface area (Å²) in [6, 6.07) is 14.1. The van der Waals surface area contributed by atoms with E-state index in [1.807, 2.05) is 32.0 Å². The summed E-state index contributed by atoms with van der Waals surface area (Å²) in [4.78, 5) is 22.7. The van der Waals surface area contributed by atoms with Crippen molar-refractivity contribution in [1.82, 2.24) is 9.97 Å². The fourth-order valence-corrected chi connectivity index (χ4v) is 4.82. The zero-order valence-corrected chi connectivity index (χ0v) is 17.0. The Morgan fingerprint density at radius 3 is 2.48 bits per heavy atom. The molecular weight excluding hydrogens is 374 g/mol. The molecule has 136 valence electrons. The molecule has 0 atom stereocenters. The van der Waals surface area contributed by atoms with Gasteiger partial charge in [0.1, 0.15) is 0 Å². The van der Waals surface area contributed by atoms with Gasteiger partial charge in [-0.1, -0.05) is 29.8 Å². The summed E-state index contributed by atoms with van der Waals surface area (Å²) in [7, 11) is 0.